The van der Waals surface area contributed by atoms with Crippen molar-refractivity contribution in [2.75, 3.05) is 4.90 Å². The molecule has 2 saturated carbocycles. The summed E-state index contributed by atoms with van der Waals surface area (Å²) in [5.74, 6) is 1.05. The van der Waals surface area contributed by atoms with E-state index in [1.165, 1.54) is 25.7 Å². The molecule has 1 N–H and O–H groups in total. The Morgan fingerprint density at radius 3 is 2.29 bits per heavy atom. The highest BCUT2D eigenvalue weighted by Gasteiger charge is 2.42. The first-order valence-corrected chi connectivity index (χ1v) is 10.3. The minimum absolute atomic E-state index is 0.0427. The molecule has 0 heterocycles. The highest BCUT2D eigenvalue weighted by atomic mass is 16.2. The van der Waals surface area contributed by atoms with E-state index >= 15 is 0 Å². The topological polar surface area (TPSA) is 49.4 Å². The molecule has 2 bridgehead atoms. The molecule has 4 rings (SSSR count). The number of para-hydroxylation sites is 1. The molecule has 28 heavy (non-hydrogen) atoms. The standard InChI is InChI=1S/C24H28N2O2/c1-17(22-15-19-12-13-20(22)14-19)25-23(27)24(28)26(21-10-6-3-7-11-21)16-18-8-4-2-5-9-18/h2-11,17,19-20,22H,12-16H2,1H3,(H,25,27). The second-order valence-corrected chi connectivity index (χ2v) is 8.31. The maximum absolute atomic E-state index is 13.1. The van der Waals surface area contributed by atoms with Crippen LogP contribution in [0.5, 0.6) is 0 Å². The number of carbonyl (C=O) groups is 2. The number of benzene rings is 2. The predicted molar refractivity (Wildman–Crippen MR) is 111 cm³/mol. The van der Waals surface area contributed by atoms with Gasteiger partial charge in [-0.3, -0.25) is 14.5 Å². The van der Waals surface area contributed by atoms with Gasteiger partial charge in [-0.15, -0.1) is 0 Å². The molecule has 146 valence electrons. The second kappa shape index (κ2) is 8.17. The van der Waals surface area contributed by atoms with Gasteiger partial charge in [0.05, 0.1) is 6.54 Å². The zero-order chi connectivity index (χ0) is 19.5. The van der Waals surface area contributed by atoms with Gasteiger partial charge in [0.15, 0.2) is 0 Å². The van der Waals surface area contributed by atoms with Crippen LogP contribution in [0.15, 0.2) is 60.7 Å². The molecule has 0 spiro atoms. The Balaban J connectivity index is 1.47. The van der Waals surface area contributed by atoms with E-state index in [0.29, 0.717) is 18.4 Å². The number of rotatable bonds is 5. The third-order valence-corrected chi connectivity index (χ3v) is 6.48. The summed E-state index contributed by atoms with van der Waals surface area (Å²) in [5, 5.41) is 3.01. The quantitative estimate of drug-likeness (QED) is 0.797. The van der Waals surface area contributed by atoms with Crippen molar-refractivity contribution >= 4 is 17.5 Å². The fraction of sp³-hybridized carbons (Fsp3) is 0.417. The van der Waals surface area contributed by atoms with E-state index in [4.69, 9.17) is 0 Å². The number of anilines is 1. The lowest BCUT2D eigenvalue weighted by atomic mass is 9.84. The second-order valence-electron chi connectivity index (χ2n) is 8.31. The van der Waals surface area contributed by atoms with Gasteiger partial charge in [0.25, 0.3) is 0 Å². The Kier molecular flexibility index (Phi) is 5.47. The summed E-state index contributed by atoms with van der Waals surface area (Å²) < 4.78 is 0. The molecule has 0 aliphatic heterocycles. The van der Waals surface area contributed by atoms with Gasteiger partial charge < -0.3 is 5.32 Å². The SMILES string of the molecule is CC(NC(=O)C(=O)N(Cc1ccccc1)c1ccccc1)C1CC2CCC1C2. The van der Waals surface area contributed by atoms with Crippen molar-refractivity contribution < 1.29 is 9.59 Å². The molecule has 0 saturated heterocycles. The minimum atomic E-state index is -0.505. The predicted octanol–water partition coefficient (Wildman–Crippen LogP) is 4.16. The molecule has 2 aliphatic rings. The van der Waals surface area contributed by atoms with Crippen LogP contribution in [-0.2, 0) is 16.1 Å². The van der Waals surface area contributed by atoms with Gasteiger partial charge in [-0.2, -0.15) is 0 Å². The summed E-state index contributed by atoms with van der Waals surface area (Å²) in [4.78, 5) is 27.5. The summed E-state index contributed by atoms with van der Waals surface area (Å²) >= 11 is 0. The van der Waals surface area contributed by atoms with E-state index in [1.807, 2.05) is 60.7 Å². The van der Waals surface area contributed by atoms with E-state index in [-0.39, 0.29) is 6.04 Å². The smallest absolute Gasteiger partial charge is 0.316 e. The highest BCUT2D eigenvalue weighted by molar-refractivity contribution is 6.40. The molecule has 0 aromatic heterocycles. The van der Waals surface area contributed by atoms with Crippen molar-refractivity contribution in [3.8, 4) is 0 Å². The number of amides is 2. The van der Waals surface area contributed by atoms with Crippen molar-refractivity contribution in [3.63, 3.8) is 0 Å². The molecule has 4 heteroatoms. The van der Waals surface area contributed by atoms with E-state index < -0.39 is 11.8 Å². The van der Waals surface area contributed by atoms with E-state index in [1.54, 1.807) is 4.90 Å². The molecule has 4 nitrogen and oxygen atoms in total. The van der Waals surface area contributed by atoms with Crippen LogP contribution in [0.25, 0.3) is 0 Å². The average Bonchev–Trinajstić information content (AvgIpc) is 3.36. The van der Waals surface area contributed by atoms with E-state index in [0.717, 1.165) is 17.2 Å². The minimum Gasteiger partial charge on any atom is -0.345 e. The molecule has 2 aliphatic carbocycles. The van der Waals surface area contributed by atoms with Crippen LogP contribution in [0, 0.1) is 17.8 Å². The fourth-order valence-corrected chi connectivity index (χ4v) is 5.06. The Morgan fingerprint density at radius 1 is 1.00 bits per heavy atom. The van der Waals surface area contributed by atoms with Crippen LogP contribution < -0.4 is 10.2 Å². The summed E-state index contributed by atoms with van der Waals surface area (Å²) in [6, 6.07) is 19.2. The first-order valence-electron chi connectivity index (χ1n) is 10.3. The number of nitrogens with zero attached hydrogens (tertiary/aromatic N) is 1. The number of carbonyl (C=O) groups excluding carboxylic acids is 2. The zero-order valence-electron chi connectivity index (χ0n) is 16.4. The summed E-state index contributed by atoms with van der Waals surface area (Å²) in [6.07, 6.45) is 5.09. The third-order valence-electron chi connectivity index (χ3n) is 6.48. The van der Waals surface area contributed by atoms with Gasteiger partial charge in [-0.05, 0) is 61.6 Å². The molecule has 2 aromatic carbocycles. The van der Waals surface area contributed by atoms with Gasteiger partial charge >= 0.3 is 11.8 Å². The number of hydrogen-bond acceptors (Lipinski definition) is 2. The lowest BCUT2D eigenvalue weighted by Gasteiger charge is -2.29. The van der Waals surface area contributed by atoms with Gasteiger partial charge in [0.1, 0.15) is 0 Å². The first kappa shape index (κ1) is 18.7. The Hall–Kier alpha value is -2.62. The van der Waals surface area contributed by atoms with Crippen LogP contribution in [-0.4, -0.2) is 17.9 Å². The molecule has 0 radical (unpaired) electrons. The van der Waals surface area contributed by atoms with Gasteiger partial charge in [-0.1, -0.05) is 55.0 Å². The maximum Gasteiger partial charge on any atom is 0.316 e. The largest absolute Gasteiger partial charge is 0.345 e. The number of hydrogen-bond donors (Lipinski definition) is 1. The fourth-order valence-electron chi connectivity index (χ4n) is 5.06. The molecule has 2 amide bonds. The van der Waals surface area contributed by atoms with Crippen molar-refractivity contribution in [2.45, 2.75) is 45.2 Å². The van der Waals surface area contributed by atoms with Crippen molar-refractivity contribution in [3.05, 3.63) is 66.2 Å². The van der Waals surface area contributed by atoms with E-state index in [9.17, 15) is 9.59 Å². The molecule has 4 atom stereocenters. The molecule has 2 aromatic rings. The Morgan fingerprint density at radius 2 is 1.68 bits per heavy atom. The zero-order valence-corrected chi connectivity index (χ0v) is 16.4. The monoisotopic (exact) mass is 376 g/mol. The van der Waals surface area contributed by atoms with Crippen molar-refractivity contribution in [2.24, 2.45) is 17.8 Å². The lowest BCUT2D eigenvalue weighted by molar-refractivity contribution is -0.138. The third kappa shape index (κ3) is 3.96. The van der Waals surface area contributed by atoms with Crippen molar-refractivity contribution in [1.82, 2.24) is 5.32 Å². The maximum atomic E-state index is 13.1. The molecular formula is C24H28N2O2. The Bertz CT molecular complexity index is 821. The molecular weight excluding hydrogens is 348 g/mol. The number of fused-ring (bicyclic) bond motifs is 2. The normalized spacial score (nSPS) is 24.0. The molecule has 4 unspecified atom stereocenters. The van der Waals surface area contributed by atoms with Crippen LogP contribution in [0.2, 0.25) is 0 Å². The summed E-state index contributed by atoms with van der Waals surface area (Å²) in [7, 11) is 0. The van der Waals surface area contributed by atoms with Gasteiger partial charge in [-0.25, -0.2) is 0 Å². The summed E-state index contributed by atoms with van der Waals surface area (Å²) in [6.45, 7) is 2.43. The van der Waals surface area contributed by atoms with Crippen molar-refractivity contribution in [1.29, 1.82) is 0 Å². The number of nitrogens with one attached hydrogen (secondary N) is 1. The average molecular weight is 377 g/mol. The highest BCUT2D eigenvalue weighted by Crippen LogP contribution is 2.49. The Labute approximate surface area is 166 Å². The van der Waals surface area contributed by atoms with Crippen LogP contribution in [0.4, 0.5) is 5.69 Å². The van der Waals surface area contributed by atoms with Gasteiger partial charge in [0.2, 0.25) is 0 Å². The summed E-state index contributed by atoms with van der Waals surface area (Å²) in [5.41, 5.74) is 1.73. The lowest BCUT2D eigenvalue weighted by Crippen LogP contribution is -2.48. The van der Waals surface area contributed by atoms with Gasteiger partial charge in [0, 0.05) is 11.7 Å². The van der Waals surface area contributed by atoms with E-state index in [2.05, 4.69) is 12.2 Å². The van der Waals surface area contributed by atoms with Crippen LogP contribution >= 0.6 is 0 Å². The first-order chi connectivity index (χ1) is 13.6. The van der Waals surface area contributed by atoms with Crippen LogP contribution in [0.1, 0.15) is 38.2 Å². The van der Waals surface area contributed by atoms with Crippen LogP contribution in [0.3, 0.4) is 0 Å². The molecule has 2 fully saturated rings.